The van der Waals surface area contributed by atoms with Crippen molar-refractivity contribution in [3.05, 3.63) is 71.9 Å². The van der Waals surface area contributed by atoms with Gasteiger partial charge in [-0.15, -0.1) is 0 Å². The van der Waals surface area contributed by atoms with Gasteiger partial charge in [0.1, 0.15) is 11.5 Å². The van der Waals surface area contributed by atoms with Crippen LogP contribution < -0.4 is 14.8 Å². The molecular formula is C26H27N3O3. The zero-order valence-corrected chi connectivity index (χ0v) is 18.6. The number of fused-ring (bicyclic) bond motifs is 1. The van der Waals surface area contributed by atoms with Crippen LogP contribution in [0, 0.1) is 6.92 Å². The van der Waals surface area contributed by atoms with Crippen LogP contribution >= 0.6 is 0 Å². The fraction of sp³-hybridized carbons (Fsp3) is 0.231. The lowest BCUT2D eigenvalue weighted by atomic mass is 10.0. The van der Waals surface area contributed by atoms with E-state index in [1.54, 1.807) is 38.6 Å². The molecule has 0 saturated carbocycles. The molecule has 2 heterocycles. The summed E-state index contributed by atoms with van der Waals surface area (Å²) in [6, 6.07) is 17.6. The minimum absolute atomic E-state index is 0.0630. The van der Waals surface area contributed by atoms with Gasteiger partial charge in [0.25, 0.3) is 0 Å². The molecule has 6 nitrogen and oxygen atoms in total. The summed E-state index contributed by atoms with van der Waals surface area (Å²) in [6.45, 7) is 2.09. The number of aryl methyl sites for hydroxylation is 2. The van der Waals surface area contributed by atoms with E-state index in [9.17, 15) is 4.79 Å². The van der Waals surface area contributed by atoms with E-state index in [0.29, 0.717) is 30.0 Å². The minimum atomic E-state index is -0.0630. The number of hydrogen-bond acceptors (Lipinski definition) is 4. The highest BCUT2D eigenvalue weighted by atomic mass is 16.5. The third-order valence-electron chi connectivity index (χ3n) is 5.49. The molecule has 0 saturated heterocycles. The summed E-state index contributed by atoms with van der Waals surface area (Å²) in [5, 5.41) is 4.13. The summed E-state index contributed by atoms with van der Waals surface area (Å²) in [4.78, 5) is 20.7. The van der Waals surface area contributed by atoms with Crippen LogP contribution in [0.25, 0.3) is 22.3 Å². The van der Waals surface area contributed by atoms with E-state index < -0.39 is 0 Å². The number of carbonyl (C=O) groups is 1. The van der Waals surface area contributed by atoms with Crippen molar-refractivity contribution in [2.45, 2.75) is 26.2 Å². The fourth-order valence-electron chi connectivity index (χ4n) is 3.90. The second kappa shape index (κ2) is 9.56. The standard InChI is InChI=1S/C26H27N3O3/c1-17-10-12-21-20(15-17)19(26(29-21)22-8-4-5-14-27-22)7-6-9-25(30)28-23-16-18(31-2)11-13-24(23)32-3/h4-5,8,10-16,29H,6-7,9H2,1-3H3,(H,28,30). The Labute approximate surface area is 187 Å². The Morgan fingerprint density at radius 1 is 1.06 bits per heavy atom. The normalized spacial score (nSPS) is 10.8. The van der Waals surface area contributed by atoms with E-state index in [0.717, 1.165) is 23.3 Å². The van der Waals surface area contributed by atoms with Crippen LogP contribution in [0.1, 0.15) is 24.0 Å². The monoisotopic (exact) mass is 429 g/mol. The van der Waals surface area contributed by atoms with Gasteiger partial charge in [-0.2, -0.15) is 0 Å². The molecule has 0 bridgehead atoms. The third kappa shape index (κ3) is 4.59. The second-order valence-corrected chi connectivity index (χ2v) is 7.71. The summed E-state index contributed by atoms with van der Waals surface area (Å²) < 4.78 is 10.6. The highest BCUT2D eigenvalue weighted by Crippen LogP contribution is 2.32. The maximum Gasteiger partial charge on any atom is 0.224 e. The van der Waals surface area contributed by atoms with Crippen molar-refractivity contribution in [1.82, 2.24) is 9.97 Å². The molecule has 6 heteroatoms. The van der Waals surface area contributed by atoms with Gasteiger partial charge in [0, 0.05) is 29.6 Å². The smallest absolute Gasteiger partial charge is 0.224 e. The Hall–Kier alpha value is -3.80. The molecule has 1 amide bonds. The van der Waals surface area contributed by atoms with Crippen molar-refractivity contribution >= 4 is 22.5 Å². The lowest BCUT2D eigenvalue weighted by molar-refractivity contribution is -0.116. The van der Waals surface area contributed by atoms with Gasteiger partial charge in [0.2, 0.25) is 5.91 Å². The molecule has 164 valence electrons. The van der Waals surface area contributed by atoms with E-state index in [1.807, 2.05) is 18.2 Å². The predicted octanol–water partition coefficient (Wildman–Crippen LogP) is 5.52. The van der Waals surface area contributed by atoms with Gasteiger partial charge >= 0.3 is 0 Å². The molecule has 0 radical (unpaired) electrons. The number of H-pyrrole nitrogens is 1. The van der Waals surface area contributed by atoms with Gasteiger partial charge < -0.3 is 19.8 Å². The number of rotatable bonds is 8. The number of benzene rings is 2. The first-order chi connectivity index (χ1) is 15.6. The highest BCUT2D eigenvalue weighted by molar-refractivity contribution is 5.93. The second-order valence-electron chi connectivity index (χ2n) is 7.71. The van der Waals surface area contributed by atoms with Crippen molar-refractivity contribution in [1.29, 1.82) is 0 Å². The summed E-state index contributed by atoms with van der Waals surface area (Å²) in [5.74, 6) is 1.20. The lowest BCUT2D eigenvalue weighted by Crippen LogP contribution is -2.12. The van der Waals surface area contributed by atoms with Gasteiger partial charge in [-0.3, -0.25) is 9.78 Å². The first-order valence-corrected chi connectivity index (χ1v) is 10.6. The molecule has 0 aliphatic rings. The molecule has 0 fully saturated rings. The van der Waals surface area contributed by atoms with Crippen LogP contribution in [-0.4, -0.2) is 30.1 Å². The van der Waals surface area contributed by atoms with Crippen molar-refractivity contribution in [3.8, 4) is 22.9 Å². The quantitative estimate of drug-likeness (QED) is 0.387. The third-order valence-corrected chi connectivity index (χ3v) is 5.49. The average molecular weight is 430 g/mol. The van der Waals surface area contributed by atoms with Crippen LogP contribution in [-0.2, 0) is 11.2 Å². The lowest BCUT2D eigenvalue weighted by Gasteiger charge is -2.12. The maximum absolute atomic E-state index is 12.7. The first kappa shape index (κ1) is 21.4. The largest absolute Gasteiger partial charge is 0.497 e. The molecule has 4 aromatic rings. The molecule has 32 heavy (non-hydrogen) atoms. The van der Waals surface area contributed by atoms with Gasteiger partial charge in [0.05, 0.1) is 31.3 Å². The molecular weight excluding hydrogens is 402 g/mol. The molecule has 2 aromatic carbocycles. The topological polar surface area (TPSA) is 76.2 Å². The number of hydrogen-bond donors (Lipinski definition) is 2. The average Bonchev–Trinajstić information content (AvgIpc) is 3.17. The Balaban J connectivity index is 1.51. The van der Waals surface area contributed by atoms with Gasteiger partial charge in [-0.25, -0.2) is 0 Å². The molecule has 0 unspecified atom stereocenters. The number of aromatic amines is 1. The Kier molecular flexibility index (Phi) is 6.40. The SMILES string of the molecule is COc1ccc(OC)c(NC(=O)CCCc2c(-c3ccccn3)[nH]c3ccc(C)cc23)c1. The Morgan fingerprint density at radius 3 is 2.69 bits per heavy atom. The minimum Gasteiger partial charge on any atom is -0.497 e. The van der Waals surface area contributed by atoms with E-state index in [1.165, 1.54) is 16.5 Å². The van der Waals surface area contributed by atoms with Gasteiger partial charge in [0.15, 0.2) is 0 Å². The maximum atomic E-state index is 12.7. The van der Waals surface area contributed by atoms with Crippen LogP contribution in [0.4, 0.5) is 5.69 Å². The number of methoxy groups -OCH3 is 2. The number of carbonyl (C=O) groups excluding carboxylic acids is 1. The van der Waals surface area contributed by atoms with E-state index in [2.05, 4.69) is 40.4 Å². The van der Waals surface area contributed by atoms with Gasteiger partial charge in [-0.1, -0.05) is 17.7 Å². The molecule has 0 spiro atoms. The van der Waals surface area contributed by atoms with Crippen molar-refractivity contribution in [3.63, 3.8) is 0 Å². The number of anilines is 1. The van der Waals surface area contributed by atoms with Crippen molar-refractivity contribution in [2.75, 3.05) is 19.5 Å². The van der Waals surface area contributed by atoms with E-state index in [-0.39, 0.29) is 5.91 Å². The summed E-state index contributed by atoms with van der Waals surface area (Å²) in [5.41, 5.74) is 6.00. The number of ether oxygens (including phenoxy) is 2. The first-order valence-electron chi connectivity index (χ1n) is 10.6. The number of aromatic nitrogens is 2. The zero-order valence-electron chi connectivity index (χ0n) is 18.6. The van der Waals surface area contributed by atoms with Crippen molar-refractivity contribution < 1.29 is 14.3 Å². The molecule has 2 aromatic heterocycles. The van der Waals surface area contributed by atoms with E-state index in [4.69, 9.17) is 9.47 Å². The van der Waals surface area contributed by atoms with Gasteiger partial charge in [-0.05, 0) is 61.7 Å². The summed E-state index contributed by atoms with van der Waals surface area (Å²) >= 11 is 0. The zero-order chi connectivity index (χ0) is 22.5. The number of pyridine rings is 1. The molecule has 2 N–H and O–H groups in total. The van der Waals surface area contributed by atoms with Crippen LogP contribution in [0.15, 0.2) is 60.8 Å². The number of amides is 1. The molecule has 4 rings (SSSR count). The summed E-state index contributed by atoms with van der Waals surface area (Å²) in [7, 11) is 3.17. The molecule has 0 aliphatic heterocycles. The van der Waals surface area contributed by atoms with E-state index >= 15 is 0 Å². The van der Waals surface area contributed by atoms with Crippen LogP contribution in [0.5, 0.6) is 11.5 Å². The molecule has 0 atom stereocenters. The Morgan fingerprint density at radius 2 is 1.94 bits per heavy atom. The van der Waals surface area contributed by atoms with Crippen molar-refractivity contribution in [2.24, 2.45) is 0 Å². The number of nitrogens with zero attached hydrogens (tertiary/aromatic N) is 1. The fourth-order valence-corrected chi connectivity index (χ4v) is 3.90. The predicted molar refractivity (Wildman–Crippen MR) is 127 cm³/mol. The number of nitrogens with one attached hydrogen (secondary N) is 2. The summed E-state index contributed by atoms with van der Waals surface area (Å²) in [6.07, 6.45) is 3.65. The van der Waals surface area contributed by atoms with Crippen LogP contribution in [0.2, 0.25) is 0 Å². The molecule has 0 aliphatic carbocycles. The van der Waals surface area contributed by atoms with Crippen LogP contribution in [0.3, 0.4) is 0 Å². The Bertz CT molecular complexity index is 1230. The highest BCUT2D eigenvalue weighted by Gasteiger charge is 2.15.